The summed E-state index contributed by atoms with van der Waals surface area (Å²) in [5.74, 6) is 1.50. The first-order valence-corrected chi connectivity index (χ1v) is 18.4. The largest absolute Gasteiger partial charge is 0.457 e. The van der Waals surface area contributed by atoms with E-state index in [0.29, 0.717) is 11.8 Å². The SMILES string of the molecule is C=C/C(C)=C(\C=C)Oc1ccccc1C.CC(C)(C)C(=O)C(O)(F)F.CC(F)(F)F.CC1c2cccc3cccc(c23)C1C.CCCC.Cc1ccccc1. The molecule has 0 spiro atoms. The molecule has 1 aliphatic carbocycles. The van der Waals surface area contributed by atoms with Gasteiger partial charge in [0.1, 0.15) is 11.5 Å². The van der Waals surface area contributed by atoms with Crippen molar-refractivity contribution in [2.75, 3.05) is 0 Å². The van der Waals surface area contributed by atoms with Gasteiger partial charge in [0.15, 0.2) is 0 Å². The van der Waals surface area contributed by atoms with E-state index < -0.39 is 23.5 Å². The van der Waals surface area contributed by atoms with Crippen LogP contribution in [0.1, 0.15) is 109 Å². The van der Waals surface area contributed by atoms with Crippen LogP contribution in [0.25, 0.3) is 10.8 Å². The Hall–Kier alpha value is -4.56. The predicted octanol–water partition coefficient (Wildman–Crippen LogP) is 14.6. The molecule has 0 saturated carbocycles. The molecule has 2 unspecified atom stereocenters. The van der Waals surface area contributed by atoms with E-state index in [1.54, 1.807) is 12.2 Å². The quantitative estimate of drug-likeness (QED) is 0.121. The number of rotatable bonds is 6. The summed E-state index contributed by atoms with van der Waals surface area (Å²) in [5, 5.41) is 10.8. The topological polar surface area (TPSA) is 46.5 Å². The van der Waals surface area contributed by atoms with Crippen LogP contribution in [0.2, 0.25) is 0 Å². The van der Waals surface area contributed by atoms with Gasteiger partial charge in [0.2, 0.25) is 5.78 Å². The summed E-state index contributed by atoms with van der Waals surface area (Å²) in [6.45, 7) is 26.6. The Kier molecular flexibility index (Phi) is 22.1. The van der Waals surface area contributed by atoms with Gasteiger partial charge in [0, 0.05) is 12.3 Å². The molecular formula is C47H61F5O3. The fraction of sp³-hybridized carbons (Fsp3) is 0.383. The lowest BCUT2D eigenvalue weighted by Gasteiger charge is -2.19. The number of carbonyl (C=O) groups excluding carboxylic acids is 1. The molecule has 0 heterocycles. The number of hydrogen-bond acceptors (Lipinski definition) is 3. The number of para-hydroxylation sites is 1. The average molecular weight is 769 g/mol. The Labute approximate surface area is 326 Å². The second-order valence-electron chi connectivity index (χ2n) is 14.2. The normalized spacial score (nSPS) is 14.6. The molecule has 1 N–H and O–H groups in total. The van der Waals surface area contributed by atoms with E-state index in [9.17, 15) is 26.7 Å². The van der Waals surface area contributed by atoms with Crippen LogP contribution in [0, 0.1) is 19.3 Å². The molecular weight excluding hydrogens is 708 g/mol. The highest BCUT2D eigenvalue weighted by Gasteiger charge is 2.43. The lowest BCUT2D eigenvalue weighted by atomic mass is 9.90. The second-order valence-corrected chi connectivity index (χ2v) is 14.2. The minimum atomic E-state index is -4.20. The number of ketones is 1. The number of hydrogen-bond donors (Lipinski definition) is 1. The third kappa shape index (κ3) is 19.6. The molecule has 4 aromatic carbocycles. The molecule has 8 heteroatoms. The Morgan fingerprint density at radius 1 is 0.727 bits per heavy atom. The van der Waals surface area contributed by atoms with E-state index in [1.165, 1.54) is 61.1 Å². The summed E-state index contributed by atoms with van der Waals surface area (Å²) in [4.78, 5) is 10.5. The first kappa shape index (κ1) is 50.4. The molecule has 0 aromatic heterocycles. The first-order valence-electron chi connectivity index (χ1n) is 18.4. The number of ether oxygens (including phenoxy) is 1. The fourth-order valence-corrected chi connectivity index (χ4v) is 4.86. The highest BCUT2D eigenvalue weighted by atomic mass is 19.4. The minimum absolute atomic E-state index is 0.188. The summed E-state index contributed by atoms with van der Waals surface area (Å²) in [5.41, 5.74) is 5.28. The van der Waals surface area contributed by atoms with Crippen molar-refractivity contribution < 1.29 is 36.6 Å². The Bertz CT molecular complexity index is 1710. The summed E-state index contributed by atoms with van der Waals surface area (Å²) in [7, 11) is 0. The summed E-state index contributed by atoms with van der Waals surface area (Å²) < 4.78 is 60.4. The van der Waals surface area contributed by atoms with Crippen molar-refractivity contribution in [1.29, 1.82) is 0 Å². The molecule has 0 radical (unpaired) electrons. The molecule has 5 rings (SSSR count). The van der Waals surface area contributed by atoms with Crippen LogP contribution in [0.3, 0.4) is 0 Å². The van der Waals surface area contributed by atoms with E-state index in [-0.39, 0.29) is 6.92 Å². The van der Waals surface area contributed by atoms with E-state index in [0.717, 1.165) is 22.6 Å². The van der Waals surface area contributed by atoms with Crippen molar-refractivity contribution >= 4 is 16.6 Å². The number of Topliss-reactive ketones (excluding diaryl/α,β-unsaturated/α-hetero) is 1. The van der Waals surface area contributed by atoms with Gasteiger partial charge in [-0.2, -0.15) is 22.0 Å². The zero-order valence-electron chi connectivity index (χ0n) is 34.5. The number of benzene rings is 4. The highest BCUT2D eigenvalue weighted by molar-refractivity contribution is 5.92. The second kappa shape index (κ2) is 24.1. The lowest BCUT2D eigenvalue weighted by molar-refractivity contribution is -0.210. The van der Waals surface area contributed by atoms with Gasteiger partial charge in [0.05, 0.1) is 0 Å². The Morgan fingerprint density at radius 2 is 1.16 bits per heavy atom. The maximum Gasteiger partial charge on any atom is 0.414 e. The maximum absolute atomic E-state index is 11.8. The minimum Gasteiger partial charge on any atom is -0.457 e. The highest BCUT2D eigenvalue weighted by Crippen LogP contribution is 2.45. The van der Waals surface area contributed by atoms with Crippen molar-refractivity contribution in [3.05, 3.63) is 150 Å². The van der Waals surface area contributed by atoms with Crippen LogP contribution in [0.4, 0.5) is 22.0 Å². The molecule has 0 saturated heterocycles. The molecule has 3 nitrogen and oxygen atoms in total. The zero-order chi connectivity index (χ0) is 42.6. The zero-order valence-corrected chi connectivity index (χ0v) is 34.5. The summed E-state index contributed by atoms with van der Waals surface area (Å²) in [6.07, 6.45) is -2.10. The predicted molar refractivity (Wildman–Crippen MR) is 221 cm³/mol. The number of alkyl halides is 5. The molecule has 0 fully saturated rings. The number of carbonyl (C=O) groups is 1. The molecule has 2 atom stereocenters. The van der Waals surface area contributed by atoms with Crippen LogP contribution >= 0.6 is 0 Å². The van der Waals surface area contributed by atoms with Crippen molar-refractivity contribution in [2.45, 2.75) is 113 Å². The Balaban J connectivity index is 0.000000675. The van der Waals surface area contributed by atoms with Crippen LogP contribution in [0.15, 0.2) is 128 Å². The average Bonchev–Trinajstić information content (AvgIpc) is 3.37. The number of unbranched alkanes of at least 4 members (excludes halogenated alkanes) is 1. The van der Waals surface area contributed by atoms with Crippen LogP contribution in [0.5, 0.6) is 5.75 Å². The van der Waals surface area contributed by atoms with Crippen LogP contribution in [-0.4, -0.2) is 23.2 Å². The van der Waals surface area contributed by atoms with Gasteiger partial charge < -0.3 is 9.84 Å². The molecule has 0 aliphatic heterocycles. The molecule has 302 valence electrons. The molecule has 0 bridgehead atoms. The van der Waals surface area contributed by atoms with Gasteiger partial charge >= 0.3 is 12.3 Å². The first-order chi connectivity index (χ1) is 25.4. The van der Waals surface area contributed by atoms with Gasteiger partial charge in [-0.1, -0.05) is 171 Å². The molecule has 0 amide bonds. The third-order valence-electron chi connectivity index (χ3n) is 8.29. The van der Waals surface area contributed by atoms with Crippen LogP contribution in [-0.2, 0) is 4.79 Å². The molecule has 4 aromatic rings. The van der Waals surface area contributed by atoms with Crippen molar-refractivity contribution in [3.8, 4) is 5.75 Å². The van der Waals surface area contributed by atoms with Crippen molar-refractivity contribution in [2.24, 2.45) is 5.41 Å². The van der Waals surface area contributed by atoms with Gasteiger partial charge in [-0.3, -0.25) is 4.79 Å². The smallest absolute Gasteiger partial charge is 0.414 e. The number of aryl methyl sites for hydroxylation is 2. The van der Waals surface area contributed by atoms with Gasteiger partial charge in [-0.05, 0) is 77.8 Å². The standard InChI is InChI=1S/C14H16O.C14H14.C7H8.C6H10F2O2.C4H10.C2H3F3/c1-5-11(3)13(6-2)15-14-10-8-7-9-12(14)4;1-9-10(2)13-8-4-6-11-5-3-7-12(9)14(11)13;1-7-5-3-2-4-6-7;1-5(2,3)4(9)6(7,8)10;1-3-4-2;1-2(3,4)5/h5-10H,1-2H2,3-4H3;3-10H,1-2H3;2-6H,1H3;10H,1-3H3;3-4H2,1-2H3;1H3/b13-11+;;;;;. The number of aliphatic hydroxyl groups is 1. The lowest BCUT2D eigenvalue weighted by Crippen LogP contribution is -2.37. The van der Waals surface area contributed by atoms with Gasteiger partial charge in [-0.25, -0.2) is 0 Å². The van der Waals surface area contributed by atoms with E-state index in [2.05, 4.69) is 96.3 Å². The Morgan fingerprint density at radius 3 is 1.47 bits per heavy atom. The van der Waals surface area contributed by atoms with Gasteiger partial charge in [-0.15, -0.1) is 0 Å². The molecule has 55 heavy (non-hydrogen) atoms. The number of allylic oxidation sites excluding steroid dienone is 3. The van der Waals surface area contributed by atoms with Gasteiger partial charge in [0.25, 0.3) is 0 Å². The van der Waals surface area contributed by atoms with E-state index >= 15 is 0 Å². The molecule has 1 aliphatic rings. The van der Waals surface area contributed by atoms with Crippen molar-refractivity contribution in [1.82, 2.24) is 0 Å². The summed E-state index contributed by atoms with van der Waals surface area (Å²) in [6, 6.07) is 31.5. The maximum atomic E-state index is 11.8. The van der Waals surface area contributed by atoms with E-state index in [4.69, 9.17) is 9.84 Å². The fourth-order valence-electron chi connectivity index (χ4n) is 4.86. The number of halogens is 5. The van der Waals surface area contributed by atoms with E-state index in [1.807, 2.05) is 56.3 Å². The van der Waals surface area contributed by atoms with Crippen molar-refractivity contribution in [3.63, 3.8) is 0 Å². The third-order valence-corrected chi connectivity index (χ3v) is 8.29. The summed E-state index contributed by atoms with van der Waals surface area (Å²) >= 11 is 0. The monoisotopic (exact) mass is 768 g/mol. The van der Waals surface area contributed by atoms with Crippen LogP contribution < -0.4 is 4.74 Å².